The van der Waals surface area contributed by atoms with E-state index in [9.17, 15) is 14.4 Å². The van der Waals surface area contributed by atoms with Gasteiger partial charge in [0.25, 0.3) is 5.91 Å². The van der Waals surface area contributed by atoms with Crippen molar-refractivity contribution in [3.8, 4) is 0 Å². The van der Waals surface area contributed by atoms with Gasteiger partial charge in [-0.3, -0.25) is 14.9 Å². The van der Waals surface area contributed by atoms with Crippen molar-refractivity contribution in [1.29, 1.82) is 0 Å². The van der Waals surface area contributed by atoms with E-state index < -0.39 is 17.8 Å². The van der Waals surface area contributed by atoms with Gasteiger partial charge in [-0.1, -0.05) is 30.3 Å². The summed E-state index contributed by atoms with van der Waals surface area (Å²) < 4.78 is 4.60. The maximum Gasteiger partial charge on any atom is 0.330 e. The van der Waals surface area contributed by atoms with Crippen LogP contribution in [0.2, 0.25) is 0 Å². The maximum atomic E-state index is 11.5. The summed E-state index contributed by atoms with van der Waals surface area (Å²) in [4.78, 5) is 33.8. The third kappa shape index (κ3) is 6.16. The second-order valence-electron chi connectivity index (χ2n) is 3.66. The molecule has 1 aromatic carbocycles. The van der Waals surface area contributed by atoms with Gasteiger partial charge >= 0.3 is 5.97 Å². The summed E-state index contributed by atoms with van der Waals surface area (Å²) in [7, 11) is 0. The quantitative estimate of drug-likeness (QED) is 0.633. The molecule has 2 amide bonds. The van der Waals surface area contributed by atoms with Crippen LogP contribution in [0, 0.1) is 0 Å². The first-order valence-electron chi connectivity index (χ1n) is 5.84. The van der Waals surface area contributed by atoms with E-state index in [1.54, 1.807) is 19.1 Å². The fourth-order valence-electron chi connectivity index (χ4n) is 1.34. The minimum Gasteiger partial charge on any atom is -0.463 e. The Hall–Kier alpha value is -2.43. The zero-order chi connectivity index (χ0) is 14.1. The number of esters is 1. The smallest absolute Gasteiger partial charge is 0.330 e. The van der Waals surface area contributed by atoms with Gasteiger partial charge in [-0.2, -0.15) is 0 Å². The number of rotatable bonds is 5. The number of amides is 2. The highest BCUT2D eigenvalue weighted by Gasteiger charge is 2.06. The van der Waals surface area contributed by atoms with Gasteiger partial charge < -0.3 is 4.74 Å². The summed E-state index contributed by atoms with van der Waals surface area (Å²) >= 11 is 0. The molecule has 0 heterocycles. The van der Waals surface area contributed by atoms with Crippen molar-refractivity contribution in [3.63, 3.8) is 0 Å². The Morgan fingerprint density at radius 1 is 1.16 bits per heavy atom. The molecule has 0 radical (unpaired) electrons. The highest BCUT2D eigenvalue weighted by molar-refractivity contribution is 6.03. The molecule has 100 valence electrons. The van der Waals surface area contributed by atoms with E-state index in [0.29, 0.717) is 0 Å². The normalized spacial score (nSPS) is 10.2. The van der Waals surface area contributed by atoms with Crippen molar-refractivity contribution in [2.45, 2.75) is 13.3 Å². The zero-order valence-electron chi connectivity index (χ0n) is 10.6. The fourth-order valence-corrected chi connectivity index (χ4v) is 1.34. The predicted octanol–water partition coefficient (Wildman–Crippen LogP) is 0.991. The molecule has 19 heavy (non-hydrogen) atoms. The Balaban J connectivity index is 2.40. The summed E-state index contributed by atoms with van der Waals surface area (Å²) in [5.74, 6) is -1.69. The Morgan fingerprint density at radius 3 is 2.47 bits per heavy atom. The lowest BCUT2D eigenvalue weighted by Crippen LogP contribution is -2.30. The van der Waals surface area contributed by atoms with Crippen LogP contribution < -0.4 is 5.32 Å². The highest BCUT2D eigenvalue weighted by Crippen LogP contribution is 1.99. The van der Waals surface area contributed by atoms with Crippen molar-refractivity contribution in [2.75, 3.05) is 6.61 Å². The molecule has 0 bridgehead atoms. The molecule has 1 N–H and O–H groups in total. The lowest BCUT2D eigenvalue weighted by molar-refractivity contribution is -0.137. The van der Waals surface area contributed by atoms with E-state index in [0.717, 1.165) is 17.7 Å². The first-order chi connectivity index (χ1) is 9.11. The van der Waals surface area contributed by atoms with E-state index in [1.165, 1.54) is 0 Å². The van der Waals surface area contributed by atoms with Crippen LogP contribution in [0.5, 0.6) is 0 Å². The largest absolute Gasteiger partial charge is 0.463 e. The molecule has 0 aliphatic carbocycles. The third-order valence-electron chi connectivity index (χ3n) is 2.13. The van der Waals surface area contributed by atoms with E-state index in [2.05, 4.69) is 10.1 Å². The molecule has 0 aromatic heterocycles. The third-order valence-corrected chi connectivity index (χ3v) is 2.13. The van der Waals surface area contributed by atoms with Crippen LogP contribution in [0.15, 0.2) is 42.5 Å². The van der Waals surface area contributed by atoms with Crippen molar-refractivity contribution in [3.05, 3.63) is 48.0 Å². The molecular formula is C14H15NO4. The summed E-state index contributed by atoms with van der Waals surface area (Å²) in [5, 5.41) is 2.15. The van der Waals surface area contributed by atoms with Crippen LogP contribution in [0.25, 0.3) is 0 Å². The molecule has 1 rings (SSSR count). The van der Waals surface area contributed by atoms with Gasteiger partial charge in [0.1, 0.15) is 0 Å². The van der Waals surface area contributed by atoms with Gasteiger partial charge in [-0.25, -0.2) is 4.79 Å². The Kier molecular flexibility index (Phi) is 6.02. The van der Waals surface area contributed by atoms with Crippen molar-refractivity contribution >= 4 is 17.8 Å². The standard InChI is InChI=1S/C14H15NO4/c1-2-19-14(18)9-8-12(16)15-13(17)10-11-6-4-3-5-7-11/h3-9H,2,10H2,1H3,(H,15,16,17)/b9-8+. The molecule has 0 aliphatic rings. The molecule has 0 saturated carbocycles. The number of hydrogen-bond acceptors (Lipinski definition) is 4. The first-order valence-corrected chi connectivity index (χ1v) is 5.84. The number of carbonyl (C=O) groups excluding carboxylic acids is 3. The van der Waals surface area contributed by atoms with Crippen LogP contribution in [-0.2, 0) is 25.5 Å². The summed E-state index contributed by atoms with van der Waals surface area (Å²) in [6.07, 6.45) is 2.06. The Bertz CT molecular complexity index is 479. The molecule has 5 heteroatoms. The van der Waals surface area contributed by atoms with Crippen LogP contribution in [0.3, 0.4) is 0 Å². The minimum absolute atomic E-state index is 0.111. The fraction of sp³-hybridized carbons (Fsp3) is 0.214. The number of benzene rings is 1. The second kappa shape index (κ2) is 7.81. The highest BCUT2D eigenvalue weighted by atomic mass is 16.5. The number of hydrogen-bond donors (Lipinski definition) is 1. The lowest BCUT2D eigenvalue weighted by atomic mass is 10.1. The summed E-state index contributed by atoms with van der Waals surface area (Å²) in [5.41, 5.74) is 0.808. The molecule has 0 spiro atoms. The van der Waals surface area contributed by atoms with E-state index in [4.69, 9.17) is 0 Å². The van der Waals surface area contributed by atoms with Gasteiger partial charge in [0, 0.05) is 12.2 Å². The average molecular weight is 261 g/mol. The molecule has 0 fully saturated rings. The van der Waals surface area contributed by atoms with Crippen molar-refractivity contribution in [2.24, 2.45) is 0 Å². The number of nitrogens with one attached hydrogen (secondary N) is 1. The molecule has 0 saturated heterocycles. The van der Waals surface area contributed by atoms with Gasteiger partial charge in [-0.05, 0) is 12.5 Å². The van der Waals surface area contributed by atoms with Gasteiger partial charge in [0.05, 0.1) is 13.0 Å². The van der Waals surface area contributed by atoms with Crippen LogP contribution in [0.4, 0.5) is 0 Å². The zero-order valence-corrected chi connectivity index (χ0v) is 10.6. The van der Waals surface area contributed by atoms with E-state index in [-0.39, 0.29) is 13.0 Å². The monoisotopic (exact) mass is 261 g/mol. The van der Waals surface area contributed by atoms with Crippen LogP contribution in [-0.4, -0.2) is 24.4 Å². The molecule has 0 aliphatic heterocycles. The molecule has 0 atom stereocenters. The van der Waals surface area contributed by atoms with Crippen molar-refractivity contribution < 1.29 is 19.1 Å². The van der Waals surface area contributed by atoms with Gasteiger partial charge in [-0.15, -0.1) is 0 Å². The Morgan fingerprint density at radius 2 is 1.84 bits per heavy atom. The van der Waals surface area contributed by atoms with Gasteiger partial charge in [0.15, 0.2) is 0 Å². The number of carbonyl (C=O) groups is 3. The SMILES string of the molecule is CCOC(=O)/C=C/C(=O)NC(=O)Cc1ccccc1. The first kappa shape index (κ1) is 14.6. The number of imide groups is 1. The minimum atomic E-state index is -0.644. The topological polar surface area (TPSA) is 72.5 Å². The molecule has 0 unspecified atom stereocenters. The van der Waals surface area contributed by atoms with Crippen LogP contribution in [0.1, 0.15) is 12.5 Å². The predicted molar refractivity (Wildman–Crippen MR) is 69.1 cm³/mol. The molecular weight excluding hydrogens is 246 g/mol. The maximum absolute atomic E-state index is 11.5. The lowest BCUT2D eigenvalue weighted by Gasteiger charge is -2.01. The van der Waals surface area contributed by atoms with E-state index in [1.807, 2.05) is 18.2 Å². The molecule has 1 aromatic rings. The average Bonchev–Trinajstić information content (AvgIpc) is 2.38. The summed E-state index contributed by atoms with van der Waals surface area (Å²) in [6, 6.07) is 9.04. The van der Waals surface area contributed by atoms with Crippen molar-refractivity contribution in [1.82, 2.24) is 5.32 Å². The van der Waals surface area contributed by atoms with E-state index >= 15 is 0 Å². The Labute approximate surface area is 111 Å². The second-order valence-corrected chi connectivity index (χ2v) is 3.66. The molecule has 5 nitrogen and oxygen atoms in total. The van der Waals surface area contributed by atoms with Crippen LogP contribution >= 0.6 is 0 Å². The number of ether oxygens (including phenoxy) is 1. The summed E-state index contributed by atoms with van der Waals surface area (Å²) in [6.45, 7) is 1.90. The van der Waals surface area contributed by atoms with Gasteiger partial charge in [0.2, 0.25) is 5.91 Å².